The summed E-state index contributed by atoms with van der Waals surface area (Å²) in [5, 5.41) is 19.5. The van der Waals surface area contributed by atoms with Crippen LogP contribution in [0.2, 0.25) is 0 Å². The second kappa shape index (κ2) is 10.6. The number of fused-ring (bicyclic) bond motifs is 2. The molecule has 0 bridgehead atoms. The Balaban J connectivity index is 1.32. The molecular weight excluding hydrogens is 516 g/mol. The number of hydrogen-bond donors (Lipinski definition) is 2. The minimum Gasteiger partial charge on any atom is -0.484 e. The molecule has 3 amide bonds. The molecule has 0 unspecified atom stereocenters. The highest BCUT2D eigenvalue weighted by molar-refractivity contribution is 6.21. The molecule has 3 aliphatic heterocycles. The lowest BCUT2D eigenvalue weighted by Crippen LogP contribution is -2.42. The van der Waals surface area contributed by atoms with Crippen molar-refractivity contribution in [3.8, 4) is 5.75 Å². The number of carbonyl (C=O) groups excluding carboxylic acids is 3. The molecule has 3 atom stereocenters. The summed E-state index contributed by atoms with van der Waals surface area (Å²) in [5.41, 5.74) is 2.59. The number of benzene rings is 2. The van der Waals surface area contributed by atoms with Crippen LogP contribution >= 0.6 is 0 Å². The van der Waals surface area contributed by atoms with Crippen molar-refractivity contribution in [2.75, 3.05) is 26.3 Å². The number of aliphatic hydroxyl groups is 2. The van der Waals surface area contributed by atoms with Gasteiger partial charge in [0.05, 0.1) is 36.0 Å². The van der Waals surface area contributed by atoms with E-state index < -0.39 is 12.2 Å². The minimum absolute atomic E-state index is 0.000934. The number of imide groups is 1. The molecule has 11 nitrogen and oxygen atoms in total. The molecule has 2 fully saturated rings. The van der Waals surface area contributed by atoms with Crippen LogP contribution in [-0.4, -0.2) is 86.9 Å². The van der Waals surface area contributed by atoms with Gasteiger partial charge in [0.1, 0.15) is 18.8 Å². The molecule has 210 valence electrons. The molecule has 1 aromatic heterocycles. The van der Waals surface area contributed by atoms with E-state index in [1.807, 2.05) is 19.1 Å². The number of amides is 3. The normalized spacial score (nSPS) is 22.5. The summed E-state index contributed by atoms with van der Waals surface area (Å²) in [5.74, 6) is 0.354. The Labute approximate surface area is 231 Å². The molecule has 2 N–H and O–H groups in total. The van der Waals surface area contributed by atoms with Crippen LogP contribution in [0, 0.1) is 0 Å². The maximum Gasteiger partial charge on any atom is 0.278 e. The molecule has 11 heteroatoms. The Kier molecular flexibility index (Phi) is 7.03. The van der Waals surface area contributed by atoms with Gasteiger partial charge in [-0.15, -0.1) is 0 Å². The maximum absolute atomic E-state index is 13.2. The average Bonchev–Trinajstić information content (AvgIpc) is 3.72. The number of aryl methyl sites for hydroxylation is 1. The molecule has 40 heavy (non-hydrogen) atoms. The predicted octanol–water partition coefficient (Wildman–Crippen LogP) is 0.867. The van der Waals surface area contributed by atoms with Crippen LogP contribution in [0.15, 0.2) is 42.5 Å². The van der Waals surface area contributed by atoms with Crippen molar-refractivity contribution in [3.05, 3.63) is 59.4 Å². The number of imidazole rings is 1. The lowest BCUT2D eigenvalue weighted by molar-refractivity contribution is -0.677. The minimum atomic E-state index is -0.952. The number of ether oxygens (including phenoxy) is 2. The van der Waals surface area contributed by atoms with Gasteiger partial charge in [0, 0.05) is 25.8 Å². The monoisotopic (exact) mass is 549 g/mol. The van der Waals surface area contributed by atoms with Gasteiger partial charge in [0.15, 0.2) is 17.6 Å². The lowest BCUT2D eigenvalue weighted by atomic mass is 10.1. The number of aliphatic hydroxyl groups excluding tert-OH is 2. The van der Waals surface area contributed by atoms with Gasteiger partial charge >= 0.3 is 0 Å². The first kappa shape index (κ1) is 26.4. The molecule has 0 radical (unpaired) electrons. The predicted molar refractivity (Wildman–Crippen MR) is 142 cm³/mol. The summed E-state index contributed by atoms with van der Waals surface area (Å²) in [6.45, 7) is 3.91. The van der Waals surface area contributed by atoms with E-state index in [-0.39, 0.29) is 50.1 Å². The Hall–Kier alpha value is -3.80. The zero-order chi connectivity index (χ0) is 28.0. The highest BCUT2D eigenvalue weighted by Gasteiger charge is 2.39. The van der Waals surface area contributed by atoms with E-state index in [0.29, 0.717) is 36.6 Å². The maximum atomic E-state index is 13.2. The van der Waals surface area contributed by atoms with Gasteiger partial charge in [-0.25, -0.2) is 9.13 Å². The molecule has 0 spiro atoms. The van der Waals surface area contributed by atoms with E-state index in [0.717, 1.165) is 29.7 Å². The van der Waals surface area contributed by atoms with Gasteiger partial charge in [-0.3, -0.25) is 19.3 Å². The Morgan fingerprint density at radius 2 is 1.77 bits per heavy atom. The van der Waals surface area contributed by atoms with E-state index in [1.54, 1.807) is 30.3 Å². The van der Waals surface area contributed by atoms with Gasteiger partial charge in [0.2, 0.25) is 0 Å². The van der Waals surface area contributed by atoms with Crippen molar-refractivity contribution in [1.29, 1.82) is 0 Å². The van der Waals surface area contributed by atoms with Crippen LogP contribution in [-0.2, 0) is 29.2 Å². The van der Waals surface area contributed by atoms with Crippen LogP contribution < -0.4 is 9.30 Å². The van der Waals surface area contributed by atoms with Crippen molar-refractivity contribution in [2.24, 2.45) is 0 Å². The molecule has 2 aromatic carbocycles. The third kappa shape index (κ3) is 4.63. The summed E-state index contributed by atoms with van der Waals surface area (Å²) in [6.07, 6.45) is -0.0166. The number of nitrogens with zero attached hydrogens (tertiary/aromatic N) is 4. The first-order chi connectivity index (χ1) is 19.4. The van der Waals surface area contributed by atoms with Crippen LogP contribution in [0.1, 0.15) is 46.3 Å². The summed E-state index contributed by atoms with van der Waals surface area (Å²) >= 11 is 0. The van der Waals surface area contributed by atoms with Crippen molar-refractivity contribution >= 4 is 28.8 Å². The molecule has 6 rings (SSSR count). The van der Waals surface area contributed by atoms with Crippen molar-refractivity contribution in [1.82, 2.24) is 14.4 Å². The van der Waals surface area contributed by atoms with Gasteiger partial charge in [-0.1, -0.05) is 12.1 Å². The highest BCUT2D eigenvalue weighted by Crippen LogP contribution is 2.28. The van der Waals surface area contributed by atoms with Gasteiger partial charge in [0.25, 0.3) is 23.5 Å². The largest absolute Gasteiger partial charge is 0.484 e. The zero-order valence-electron chi connectivity index (χ0n) is 22.4. The second-order valence-electron chi connectivity index (χ2n) is 10.5. The first-order valence-electron chi connectivity index (χ1n) is 13.7. The fourth-order valence-corrected chi connectivity index (χ4v) is 5.91. The highest BCUT2D eigenvalue weighted by atomic mass is 16.5. The van der Waals surface area contributed by atoms with Crippen molar-refractivity contribution < 1.29 is 38.6 Å². The summed E-state index contributed by atoms with van der Waals surface area (Å²) < 4.78 is 16.0. The summed E-state index contributed by atoms with van der Waals surface area (Å²) in [7, 11) is 0. The second-order valence-corrected chi connectivity index (χ2v) is 10.5. The van der Waals surface area contributed by atoms with Crippen LogP contribution in [0.3, 0.4) is 0 Å². The molecule has 3 aliphatic rings. The van der Waals surface area contributed by atoms with E-state index in [9.17, 15) is 24.6 Å². The van der Waals surface area contributed by atoms with E-state index in [4.69, 9.17) is 9.47 Å². The van der Waals surface area contributed by atoms with Crippen molar-refractivity contribution in [2.45, 2.75) is 57.7 Å². The molecule has 2 saturated heterocycles. The SMILES string of the molecule is CC[n+]1c(CN2C(=O)c3ccccc3C2=O)n(C[C@@H]2CCCO2)c2cc(OCC(=O)N3C[C@@H](O)[C@H](O)C3)ccc21. The number of likely N-dealkylation sites (tertiary alicyclic amines) is 1. The fraction of sp³-hybridized carbons (Fsp3) is 0.448. The summed E-state index contributed by atoms with van der Waals surface area (Å²) in [6, 6.07) is 12.4. The standard InChI is InChI=1S/C29H33N4O7/c1-2-31-22-10-9-18(40-17-27(36)30-14-24(34)25(35)15-30)12-23(22)32(13-19-6-5-11-39-19)26(31)16-33-28(37)20-7-3-4-8-21(20)29(33)38/h3-4,7-10,12,19,24-25,34-35H,2,5-6,11,13-17H2,1H3/q+1/t19-,24+,25+/m0/s1. The van der Waals surface area contributed by atoms with Crippen LogP contribution in [0.25, 0.3) is 11.0 Å². The van der Waals surface area contributed by atoms with E-state index in [2.05, 4.69) is 9.13 Å². The van der Waals surface area contributed by atoms with Crippen molar-refractivity contribution in [3.63, 3.8) is 0 Å². The number of rotatable bonds is 8. The smallest absolute Gasteiger partial charge is 0.278 e. The number of aromatic nitrogens is 2. The molecule has 4 heterocycles. The first-order valence-corrected chi connectivity index (χ1v) is 13.7. The average molecular weight is 550 g/mol. The number of hydrogen-bond acceptors (Lipinski definition) is 7. The van der Waals surface area contributed by atoms with E-state index >= 15 is 0 Å². The third-order valence-corrected chi connectivity index (χ3v) is 8.03. The molecule has 0 aliphatic carbocycles. The van der Waals surface area contributed by atoms with Crippen LogP contribution in [0.5, 0.6) is 5.75 Å². The van der Waals surface area contributed by atoms with Gasteiger partial charge < -0.3 is 24.6 Å². The molecular formula is C29H33N4O7+. The Morgan fingerprint density at radius 3 is 2.40 bits per heavy atom. The third-order valence-electron chi connectivity index (χ3n) is 8.03. The fourth-order valence-electron chi connectivity index (χ4n) is 5.91. The summed E-state index contributed by atoms with van der Waals surface area (Å²) in [4.78, 5) is 41.7. The topological polar surface area (TPSA) is 125 Å². The zero-order valence-corrected chi connectivity index (χ0v) is 22.4. The van der Waals surface area contributed by atoms with E-state index in [1.165, 1.54) is 9.80 Å². The number of β-amino-alcohol motifs (C(OH)–C–C–N with tert-alkyl or cyclic N) is 2. The van der Waals surface area contributed by atoms with Gasteiger partial charge in [-0.05, 0) is 44.0 Å². The number of carbonyl (C=O) groups is 3. The van der Waals surface area contributed by atoms with Crippen LogP contribution in [0.4, 0.5) is 0 Å². The lowest BCUT2D eigenvalue weighted by Gasteiger charge is -2.15. The Morgan fingerprint density at radius 1 is 1.07 bits per heavy atom. The molecule has 0 saturated carbocycles. The van der Waals surface area contributed by atoms with Gasteiger partial charge in [-0.2, -0.15) is 0 Å². The Bertz CT molecular complexity index is 1430. The molecule has 3 aromatic rings. The quantitative estimate of drug-likeness (QED) is 0.316.